The Labute approximate surface area is 183 Å². The van der Waals surface area contributed by atoms with E-state index in [1.807, 2.05) is 35.4 Å². The third-order valence-corrected chi connectivity index (χ3v) is 6.78. The number of nitrogens with one attached hydrogen (secondary N) is 2. The molecule has 8 nitrogen and oxygen atoms in total. The van der Waals surface area contributed by atoms with Crippen molar-refractivity contribution in [2.75, 3.05) is 39.3 Å². The summed E-state index contributed by atoms with van der Waals surface area (Å²) in [4.78, 5) is 35.1. The Bertz CT molecular complexity index is 918. The summed E-state index contributed by atoms with van der Waals surface area (Å²) in [5, 5.41) is 3.75. The molecule has 1 aromatic carbocycles. The van der Waals surface area contributed by atoms with Crippen molar-refractivity contribution in [2.24, 2.45) is 5.73 Å². The van der Waals surface area contributed by atoms with Gasteiger partial charge in [-0.3, -0.25) is 14.6 Å². The number of urea groups is 1. The summed E-state index contributed by atoms with van der Waals surface area (Å²) in [6.07, 6.45) is 3.30. The number of fused-ring (bicyclic) bond motifs is 1. The number of H-pyrrole nitrogens is 1. The van der Waals surface area contributed by atoms with E-state index in [1.165, 1.54) is 0 Å². The summed E-state index contributed by atoms with van der Waals surface area (Å²) in [7, 11) is 0. The topological polar surface area (TPSA) is 97.7 Å². The fourth-order valence-corrected chi connectivity index (χ4v) is 4.97. The van der Waals surface area contributed by atoms with Crippen molar-refractivity contribution in [1.29, 1.82) is 0 Å². The minimum Gasteiger partial charge on any atom is -0.361 e. The molecule has 0 spiro atoms. The zero-order chi connectivity index (χ0) is 22.0. The standard InChI is InChI=1S/C23H34N6O2/c1-16(2)27-9-11-28(12-10-27)18-7-8-29(15-18)22(30)21(26-23(24)31)13-17-14-25-20-6-4-3-5-19(17)20/h3-6,14,16,18,21,25H,7-13,15H2,1-2H3,(H3,24,26,31). The molecule has 0 aliphatic carbocycles. The molecule has 2 unspecified atom stereocenters. The average molecular weight is 427 g/mol. The molecule has 0 bridgehead atoms. The van der Waals surface area contributed by atoms with Gasteiger partial charge in [0, 0.05) is 74.9 Å². The van der Waals surface area contributed by atoms with Crippen LogP contribution in [-0.2, 0) is 11.2 Å². The monoisotopic (exact) mass is 426 g/mol. The highest BCUT2D eigenvalue weighted by atomic mass is 16.2. The van der Waals surface area contributed by atoms with E-state index >= 15 is 0 Å². The van der Waals surface area contributed by atoms with Crippen molar-refractivity contribution < 1.29 is 9.59 Å². The largest absolute Gasteiger partial charge is 0.361 e. The molecule has 4 rings (SSSR count). The second kappa shape index (κ2) is 9.28. The van der Waals surface area contributed by atoms with E-state index in [1.54, 1.807) is 0 Å². The lowest BCUT2D eigenvalue weighted by atomic mass is 10.0. The van der Waals surface area contributed by atoms with Crippen LogP contribution in [0.5, 0.6) is 0 Å². The van der Waals surface area contributed by atoms with E-state index in [0.29, 0.717) is 25.0 Å². The SMILES string of the molecule is CC(C)N1CCN(C2CCN(C(=O)C(Cc3c[nH]c4ccccc34)NC(N)=O)C2)CC1. The number of nitrogens with zero attached hydrogens (tertiary/aromatic N) is 3. The summed E-state index contributed by atoms with van der Waals surface area (Å²) in [6, 6.07) is 7.61. The van der Waals surface area contributed by atoms with Crippen LogP contribution < -0.4 is 11.1 Å². The molecule has 2 aromatic rings. The highest BCUT2D eigenvalue weighted by Crippen LogP contribution is 2.22. The minimum absolute atomic E-state index is 0.0487. The van der Waals surface area contributed by atoms with E-state index in [0.717, 1.165) is 55.6 Å². The van der Waals surface area contributed by atoms with Gasteiger partial charge in [0.15, 0.2) is 0 Å². The van der Waals surface area contributed by atoms with Crippen molar-refractivity contribution in [3.05, 3.63) is 36.0 Å². The van der Waals surface area contributed by atoms with Crippen LogP contribution in [0.15, 0.2) is 30.5 Å². The quantitative estimate of drug-likeness (QED) is 0.650. The van der Waals surface area contributed by atoms with E-state index in [-0.39, 0.29) is 5.91 Å². The van der Waals surface area contributed by atoms with Gasteiger partial charge in [0.25, 0.3) is 0 Å². The first-order chi connectivity index (χ1) is 14.9. The molecule has 1 aromatic heterocycles. The van der Waals surface area contributed by atoms with E-state index in [2.05, 4.69) is 33.9 Å². The Morgan fingerprint density at radius 3 is 2.61 bits per heavy atom. The smallest absolute Gasteiger partial charge is 0.312 e. The number of likely N-dealkylation sites (tertiary alicyclic amines) is 1. The molecule has 31 heavy (non-hydrogen) atoms. The number of carbonyl (C=O) groups is 2. The van der Waals surface area contributed by atoms with Crippen molar-refractivity contribution in [3.8, 4) is 0 Å². The maximum atomic E-state index is 13.3. The first-order valence-electron chi connectivity index (χ1n) is 11.3. The Hall–Kier alpha value is -2.58. The molecule has 0 radical (unpaired) electrons. The molecule has 8 heteroatoms. The van der Waals surface area contributed by atoms with Crippen LogP contribution in [0.2, 0.25) is 0 Å². The van der Waals surface area contributed by atoms with E-state index < -0.39 is 12.1 Å². The molecule has 3 heterocycles. The van der Waals surface area contributed by atoms with Gasteiger partial charge in [-0.2, -0.15) is 0 Å². The molecule has 3 amide bonds. The van der Waals surface area contributed by atoms with Crippen molar-refractivity contribution in [3.63, 3.8) is 0 Å². The summed E-state index contributed by atoms with van der Waals surface area (Å²) in [5.41, 5.74) is 7.43. The second-order valence-corrected chi connectivity index (χ2v) is 9.02. The number of benzene rings is 1. The van der Waals surface area contributed by atoms with E-state index in [9.17, 15) is 9.59 Å². The van der Waals surface area contributed by atoms with Gasteiger partial charge in [-0.25, -0.2) is 4.79 Å². The van der Waals surface area contributed by atoms with Crippen LogP contribution in [0.1, 0.15) is 25.8 Å². The number of amides is 3. The van der Waals surface area contributed by atoms with Crippen molar-refractivity contribution in [1.82, 2.24) is 25.0 Å². The van der Waals surface area contributed by atoms with Gasteiger partial charge < -0.3 is 20.9 Å². The molecular weight excluding hydrogens is 392 g/mol. The van der Waals surface area contributed by atoms with Gasteiger partial charge in [-0.15, -0.1) is 0 Å². The number of aromatic amines is 1. The van der Waals surface area contributed by atoms with Gasteiger partial charge in [0.1, 0.15) is 6.04 Å². The number of aromatic nitrogens is 1. The van der Waals surface area contributed by atoms with Crippen LogP contribution in [0.4, 0.5) is 4.79 Å². The number of carbonyl (C=O) groups excluding carboxylic acids is 2. The zero-order valence-electron chi connectivity index (χ0n) is 18.5. The first-order valence-corrected chi connectivity index (χ1v) is 11.3. The third-order valence-electron chi connectivity index (χ3n) is 6.78. The molecule has 4 N–H and O–H groups in total. The fraction of sp³-hybridized carbons (Fsp3) is 0.565. The Balaban J connectivity index is 1.40. The lowest BCUT2D eigenvalue weighted by Gasteiger charge is -2.39. The highest BCUT2D eigenvalue weighted by molar-refractivity contribution is 5.89. The number of primary amides is 1. The zero-order valence-corrected chi connectivity index (χ0v) is 18.5. The maximum absolute atomic E-state index is 13.3. The van der Waals surface area contributed by atoms with Crippen LogP contribution in [-0.4, -0.2) is 89.0 Å². The third kappa shape index (κ3) is 4.85. The predicted octanol–water partition coefficient (Wildman–Crippen LogP) is 1.37. The van der Waals surface area contributed by atoms with Crippen molar-refractivity contribution >= 4 is 22.8 Å². The molecule has 0 saturated carbocycles. The molecule has 168 valence electrons. The Morgan fingerprint density at radius 1 is 1.16 bits per heavy atom. The normalized spacial score (nSPS) is 21.6. The summed E-state index contributed by atoms with van der Waals surface area (Å²) >= 11 is 0. The summed E-state index contributed by atoms with van der Waals surface area (Å²) in [6.45, 7) is 10.2. The highest BCUT2D eigenvalue weighted by Gasteiger charge is 2.35. The lowest BCUT2D eigenvalue weighted by Crippen LogP contribution is -2.54. The van der Waals surface area contributed by atoms with Crippen LogP contribution in [0.3, 0.4) is 0 Å². The van der Waals surface area contributed by atoms with Crippen LogP contribution >= 0.6 is 0 Å². The van der Waals surface area contributed by atoms with Gasteiger partial charge in [-0.1, -0.05) is 18.2 Å². The number of hydrogen-bond donors (Lipinski definition) is 3. The fourth-order valence-electron chi connectivity index (χ4n) is 4.97. The van der Waals surface area contributed by atoms with Gasteiger partial charge >= 0.3 is 6.03 Å². The van der Waals surface area contributed by atoms with Crippen molar-refractivity contribution in [2.45, 2.75) is 44.8 Å². The lowest BCUT2D eigenvalue weighted by molar-refractivity contribution is -0.132. The first kappa shape index (κ1) is 21.6. The average Bonchev–Trinajstić information content (AvgIpc) is 3.40. The molecular formula is C23H34N6O2. The molecule has 2 saturated heterocycles. The van der Waals surface area contributed by atoms with E-state index in [4.69, 9.17) is 5.73 Å². The Morgan fingerprint density at radius 2 is 1.90 bits per heavy atom. The predicted molar refractivity (Wildman–Crippen MR) is 122 cm³/mol. The van der Waals surface area contributed by atoms with Gasteiger partial charge in [0.2, 0.25) is 5.91 Å². The maximum Gasteiger partial charge on any atom is 0.312 e. The molecule has 2 aliphatic rings. The summed E-state index contributed by atoms with van der Waals surface area (Å²) in [5.74, 6) is -0.0487. The number of rotatable bonds is 6. The number of nitrogens with two attached hydrogens (primary N) is 1. The number of para-hydroxylation sites is 1. The second-order valence-electron chi connectivity index (χ2n) is 9.02. The molecule has 2 atom stereocenters. The molecule has 2 fully saturated rings. The van der Waals surface area contributed by atoms with Gasteiger partial charge in [-0.05, 0) is 31.9 Å². The molecule has 2 aliphatic heterocycles. The number of piperazine rings is 1. The van der Waals surface area contributed by atoms with Crippen LogP contribution in [0, 0.1) is 0 Å². The Kier molecular flexibility index (Phi) is 6.48. The minimum atomic E-state index is -0.668. The van der Waals surface area contributed by atoms with Gasteiger partial charge in [0.05, 0.1) is 0 Å². The summed E-state index contributed by atoms with van der Waals surface area (Å²) < 4.78 is 0. The van der Waals surface area contributed by atoms with Crippen LogP contribution in [0.25, 0.3) is 10.9 Å². The number of hydrogen-bond acceptors (Lipinski definition) is 4.